The zero-order valence-corrected chi connectivity index (χ0v) is 16.4. The zero-order chi connectivity index (χ0) is 20.8. The summed E-state index contributed by atoms with van der Waals surface area (Å²) in [5.41, 5.74) is -0.117. The lowest BCUT2D eigenvalue weighted by molar-refractivity contribution is -0.121. The van der Waals surface area contributed by atoms with Gasteiger partial charge in [-0.15, -0.1) is 0 Å². The second kappa shape index (κ2) is 9.24. The normalized spacial score (nSPS) is 11.0. The van der Waals surface area contributed by atoms with Crippen LogP contribution in [-0.2, 0) is 22.6 Å². The summed E-state index contributed by atoms with van der Waals surface area (Å²) in [6.07, 6.45) is 2.05. The van der Waals surface area contributed by atoms with Crippen molar-refractivity contribution in [3.63, 3.8) is 0 Å². The predicted octanol–water partition coefficient (Wildman–Crippen LogP) is 0.793. The molecule has 9 nitrogen and oxygen atoms in total. The number of benzene rings is 1. The van der Waals surface area contributed by atoms with Gasteiger partial charge < -0.3 is 10.1 Å². The fraction of sp³-hybridized carbons (Fsp3) is 0.350. The molecule has 0 saturated carbocycles. The van der Waals surface area contributed by atoms with Crippen LogP contribution in [0.5, 0.6) is 0 Å². The molecule has 0 atom stereocenters. The molecule has 0 spiro atoms. The van der Waals surface area contributed by atoms with Crippen LogP contribution in [0.3, 0.4) is 0 Å². The van der Waals surface area contributed by atoms with Gasteiger partial charge in [0.05, 0.1) is 0 Å². The smallest absolute Gasteiger partial charge is 0.333 e. The number of nitrogens with zero attached hydrogens (tertiary/aromatic N) is 4. The quantitative estimate of drug-likeness (QED) is 0.563. The third-order valence-electron chi connectivity index (χ3n) is 4.46. The highest BCUT2D eigenvalue weighted by Crippen LogP contribution is 2.15. The lowest BCUT2D eigenvalue weighted by Gasteiger charge is -2.12. The van der Waals surface area contributed by atoms with Crippen molar-refractivity contribution in [3.05, 3.63) is 57.4 Å². The maximum absolute atomic E-state index is 12.9. The molecule has 1 amide bonds. The van der Waals surface area contributed by atoms with Crippen LogP contribution in [0.4, 0.5) is 0 Å². The summed E-state index contributed by atoms with van der Waals surface area (Å²) in [6.45, 7) is 2.64. The Kier molecular flexibility index (Phi) is 6.50. The molecule has 2 aromatic heterocycles. The Morgan fingerprint density at radius 1 is 1.17 bits per heavy atom. The van der Waals surface area contributed by atoms with E-state index in [1.807, 2.05) is 30.3 Å². The highest BCUT2D eigenvalue weighted by atomic mass is 16.5. The molecule has 9 heteroatoms. The van der Waals surface area contributed by atoms with Crippen LogP contribution in [0.25, 0.3) is 22.4 Å². The van der Waals surface area contributed by atoms with E-state index in [-0.39, 0.29) is 17.6 Å². The molecular formula is C20H23N5O4. The minimum Gasteiger partial charge on any atom is -0.385 e. The van der Waals surface area contributed by atoms with E-state index in [4.69, 9.17) is 4.74 Å². The van der Waals surface area contributed by atoms with Gasteiger partial charge in [-0.1, -0.05) is 30.3 Å². The van der Waals surface area contributed by atoms with Gasteiger partial charge in [0.2, 0.25) is 5.91 Å². The first-order valence-corrected chi connectivity index (χ1v) is 9.38. The largest absolute Gasteiger partial charge is 0.385 e. The van der Waals surface area contributed by atoms with Gasteiger partial charge in [-0.3, -0.25) is 18.7 Å². The standard InChI is InChI=1S/C20H23N5O4/c1-3-24-18-15(12-22-17(23-18)14-8-5-4-6-9-14)19(27)25(20(24)28)13-16(26)21-10-7-11-29-2/h4-6,8-9,12H,3,7,10-11,13H2,1-2H3,(H,21,26). The lowest BCUT2D eigenvalue weighted by atomic mass is 10.2. The number of rotatable bonds is 8. The number of methoxy groups -OCH3 is 1. The monoisotopic (exact) mass is 397 g/mol. The number of ether oxygens (including phenoxy) is 1. The van der Waals surface area contributed by atoms with Gasteiger partial charge in [0.1, 0.15) is 11.9 Å². The number of carbonyl (C=O) groups excluding carboxylic acids is 1. The van der Waals surface area contributed by atoms with Crippen LogP contribution in [0.15, 0.2) is 46.1 Å². The first kappa shape index (κ1) is 20.4. The number of carbonyl (C=O) groups is 1. The first-order chi connectivity index (χ1) is 14.1. The fourth-order valence-corrected chi connectivity index (χ4v) is 2.99. The van der Waals surface area contributed by atoms with Crippen molar-refractivity contribution in [2.45, 2.75) is 26.4 Å². The van der Waals surface area contributed by atoms with E-state index in [2.05, 4.69) is 15.3 Å². The van der Waals surface area contributed by atoms with Gasteiger partial charge in [-0.25, -0.2) is 14.8 Å². The molecule has 3 rings (SSSR count). The summed E-state index contributed by atoms with van der Waals surface area (Å²) < 4.78 is 7.22. The van der Waals surface area contributed by atoms with Crippen molar-refractivity contribution in [1.29, 1.82) is 0 Å². The van der Waals surface area contributed by atoms with E-state index >= 15 is 0 Å². The van der Waals surface area contributed by atoms with Crippen molar-refractivity contribution < 1.29 is 9.53 Å². The molecule has 0 unspecified atom stereocenters. The number of aryl methyl sites for hydroxylation is 1. The third kappa shape index (κ3) is 4.40. The Morgan fingerprint density at radius 3 is 2.62 bits per heavy atom. The molecule has 0 aliphatic rings. The number of fused-ring (bicyclic) bond motifs is 1. The maximum atomic E-state index is 12.9. The van der Waals surface area contributed by atoms with Crippen LogP contribution in [0, 0.1) is 0 Å². The van der Waals surface area contributed by atoms with E-state index in [0.717, 1.165) is 10.1 Å². The topological polar surface area (TPSA) is 108 Å². The molecule has 2 heterocycles. The Bertz CT molecular complexity index is 1120. The molecule has 0 aliphatic heterocycles. The summed E-state index contributed by atoms with van der Waals surface area (Å²) in [5, 5.41) is 2.87. The third-order valence-corrected chi connectivity index (χ3v) is 4.46. The Morgan fingerprint density at radius 2 is 1.93 bits per heavy atom. The van der Waals surface area contributed by atoms with Crippen molar-refractivity contribution in [3.8, 4) is 11.4 Å². The van der Waals surface area contributed by atoms with Gasteiger partial charge in [0.25, 0.3) is 5.56 Å². The number of hydrogen-bond donors (Lipinski definition) is 1. The molecule has 0 saturated heterocycles. The molecule has 0 bridgehead atoms. The van der Waals surface area contributed by atoms with Crippen LogP contribution in [-0.4, -0.2) is 45.3 Å². The number of nitrogens with one attached hydrogen (secondary N) is 1. The van der Waals surface area contributed by atoms with E-state index in [1.54, 1.807) is 14.0 Å². The summed E-state index contributed by atoms with van der Waals surface area (Å²) in [4.78, 5) is 46.6. The fourth-order valence-electron chi connectivity index (χ4n) is 2.99. The predicted molar refractivity (Wildman–Crippen MR) is 109 cm³/mol. The van der Waals surface area contributed by atoms with Gasteiger partial charge in [-0.2, -0.15) is 0 Å². The number of aromatic nitrogens is 4. The molecule has 3 aromatic rings. The molecule has 152 valence electrons. The van der Waals surface area contributed by atoms with Crippen molar-refractivity contribution in [2.24, 2.45) is 0 Å². The van der Waals surface area contributed by atoms with Crippen molar-refractivity contribution >= 4 is 16.9 Å². The van der Waals surface area contributed by atoms with Gasteiger partial charge >= 0.3 is 5.69 Å². The minimum atomic E-state index is -0.582. The van der Waals surface area contributed by atoms with E-state index in [0.29, 0.717) is 31.9 Å². The second-order valence-corrected chi connectivity index (χ2v) is 6.41. The van der Waals surface area contributed by atoms with Gasteiger partial charge in [0.15, 0.2) is 11.5 Å². The summed E-state index contributed by atoms with van der Waals surface area (Å²) >= 11 is 0. The highest BCUT2D eigenvalue weighted by molar-refractivity contribution is 5.78. The maximum Gasteiger partial charge on any atom is 0.333 e. The molecule has 29 heavy (non-hydrogen) atoms. The van der Waals surface area contributed by atoms with Gasteiger partial charge in [-0.05, 0) is 13.3 Å². The first-order valence-electron chi connectivity index (χ1n) is 9.38. The summed E-state index contributed by atoms with van der Waals surface area (Å²) in [5.74, 6) is 0.0110. The van der Waals surface area contributed by atoms with Crippen molar-refractivity contribution in [2.75, 3.05) is 20.3 Å². The number of amides is 1. The molecule has 0 aliphatic carbocycles. The minimum absolute atomic E-state index is 0.193. The van der Waals surface area contributed by atoms with Crippen LogP contribution in [0.2, 0.25) is 0 Å². The van der Waals surface area contributed by atoms with Crippen molar-refractivity contribution in [1.82, 2.24) is 24.4 Å². The van der Waals surface area contributed by atoms with E-state index in [9.17, 15) is 14.4 Å². The van der Waals surface area contributed by atoms with Gasteiger partial charge in [0, 0.05) is 38.6 Å². The number of hydrogen-bond acceptors (Lipinski definition) is 6. The average molecular weight is 397 g/mol. The van der Waals surface area contributed by atoms with E-state index in [1.165, 1.54) is 10.8 Å². The Hall–Kier alpha value is -3.33. The molecule has 1 N–H and O–H groups in total. The SMILES string of the molecule is CCn1c(=O)n(CC(=O)NCCCOC)c(=O)c2cnc(-c3ccccc3)nc21. The van der Waals surface area contributed by atoms with Crippen LogP contribution >= 0.6 is 0 Å². The Labute approximate surface area is 167 Å². The molecule has 1 aromatic carbocycles. The average Bonchev–Trinajstić information content (AvgIpc) is 2.75. The highest BCUT2D eigenvalue weighted by Gasteiger charge is 2.17. The Balaban J connectivity index is 2.00. The second-order valence-electron chi connectivity index (χ2n) is 6.41. The zero-order valence-electron chi connectivity index (χ0n) is 16.4. The lowest BCUT2D eigenvalue weighted by Crippen LogP contribution is -2.44. The molecule has 0 fully saturated rings. The summed E-state index contributed by atoms with van der Waals surface area (Å²) in [6, 6.07) is 9.30. The van der Waals surface area contributed by atoms with Crippen LogP contribution < -0.4 is 16.6 Å². The molecule has 0 radical (unpaired) electrons. The van der Waals surface area contributed by atoms with Crippen LogP contribution in [0.1, 0.15) is 13.3 Å². The summed E-state index contributed by atoms with van der Waals surface area (Å²) in [7, 11) is 1.58. The molecular weight excluding hydrogens is 374 g/mol. The van der Waals surface area contributed by atoms with E-state index < -0.39 is 17.2 Å².